The van der Waals surface area contributed by atoms with Crippen molar-refractivity contribution in [1.29, 1.82) is 0 Å². The van der Waals surface area contributed by atoms with Crippen molar-refractivity contribution in [3.05, 3.63) is 23.0 Å². The molecule has 0 spiro atoms. The summed E-state index contributed by atoms with van der Waals surface area (Å²) in [7, 11) is 0. The highest BCUT2D eigenvalue weighted by atomic mass is 16.5. The first-order chi connectivity index (χ1) is 13.4. The van der Waals surface area contributed by atoms with E-state index in [9.17, 15) is 9.59 Å². The van der Waals surface area contributed by atoms with Crippen molar-refractivity contribution in [3.63, 3.8) is 0 Å². The van der Waals surface area contributed by atoms with Crippen LogP contribution in [0.5, 0.6) is 0 Å². The summed E-state index contributed by atoms with van der Waals surface area (Å²) in [6.07, 6.45) is 0.840. The van der Waals surface area contributed by atoms with Gasteiger partial charge in [-0.2, -0.15) is 0 Å². The minimum Gasteiger partial charge on any atom is -0.342 e. The van der Waals surface area contributed by atoms with Gasteiger partial charge in [0.15, 0.2) is 0 Å². The Balaban J connectivity index is 1.72. The summed E-state index contributed by atoms with van der Waals surface area (Å²) in [5, 5.41) is 4.65. The number of pyridine rings is 1. The third kappa shape index (κ3) is 4.16. The molecule has 0 radical (unpaired) electrons. The van der Waals surface area contributed by atoms with Gasteiger partial charge in [-0.05, 0) is 40.2 Å². The van der Waals surface area contributed by atoms with Gasteiger partial charge >= 0.3 is 0 Å². The van der Waals surface area contributed by atoms with Crippen LogP contribution in [-0.4, -0.2) is 82.5 Å². The Morgan fingerprint density at radius 3 is 2.61 bits per heavy atom. The minimum absolute atomic E-state index is 0.0290. The third-order valence-corrected chi connectivity index (χ3v) is 5.33. The second-order valence-electron chi connectivity index (χ2n) is 7.25. The molecule has 8 heteroatoms. The summed E-state index contributed by atoms with van der Waals surface area (Å²) < 4.78 is 5.25. The summed E-state index contributed by atoms with van der Waals surface area (Å²) in [5.74, 6) is 0.120. The topological polar surface area (TPSA) is 82.8 Å². The van der Waals surface area contributed by atoms with Crippen LogP contribution in [0.25, 0.3) is 11.1 Å². The maximum absolute atomic E-state index is 13.2. The summed E-state index contributed by atoms with van der Waals surface area (Å²) in [4.78, 5) is 35.8. The summed E-state index contributed by atoms with van der Waals surface area (Å²) in [6, 6.07) is 1.81. The molecule has 0 saturated carbocycles. The van der Waals surface area contributed by atoms with E-state index < -0.39 is 0 Å². The molecule has 2 aromatic heterocycles. The molecule has 2 aromatic rings. The van der Waals surface area contributed by atoms with Crippen molar-refractivity contribution in [2.75, 3.05) is 45.8 Å². The van der Waals surface area contributed by atoms with Crippen LogP contribution in [0.1, 0.15) is 42.0 Å². The maximum atomic E-state index is 13.2. The number of hydrogen-bond donors (Lipinski definition) is 0. The molecule has 152 valence electrons. The van der Waals surface area contributed by atoms with Crippen LogP contribution in [0, 0.1) is 13.8 Å². The van der Waals surface area contributed by atoms with Gasteiger partial charge in [0.05, 0.1) is 23.2 Å². The fourth-order valence-electron chi connectivity index (χ4n) is 3.76. The Morgan fingerprint density at radius 1 is 1.14 bits per heavy atom. The van der Waals surface area contributed by atoms with E-state index in [0.29, 0.717) is 48.5 Å². The Bertz CT molecular complexity index is 859. The van der Waals surface area contributed by atoms with Crippen LogP contribution in [0.2, 0.25) is 0 Å². The first-order valence-electron chi connectivity index (χ1n) is 9.97. The van der Waals surface area contributed by atoms with Crippen molar-refractivity contribution in [3.8, 4) is 0 Å². The largest absolute Gasteiger partial charge is 0.342 e. The highest BCUT2D eigenvalue weighted by molar-refractivity contribution is 6.06. The number of carbonyl (C=O) groups excluding carboxylic acids is 2. The van der Waals surface area contributed by atoms with Crippen LogP contribution in [-0.2, 0) is 4.79 Å². The van der Waals surface area contributed by atoms with E-state index in [2.05, 4.69) is 15.0 Å². The molecule has 3 rings (SSSR count). The molecule has 1 aliphatic heterocycles. The minimum atomic E-state index is -0.0290. The highest BCUT2D eigenvalue weighted by Crippen LogP contribution is 2.23. The van der Waals surface area contributed by atoms with Crippen molar-refractivity contribution < 1.29 is 14.1 Å². The smallest absolute Gasteiger partial charge is 0.258 e. The van der Waals surface area contributed by atoms with Gasteiger partial charge in [-0.1, -0.05) is 5.16 Å². The number of aryl methyl sites for hydroxylation is 2. The predicted octanol–water partition coefficient (Wildman–Crippen LogP) is 1.86. The number of rotatable bonds is 5. The fourth-order valence-corrected chi connectivity index (χ4v) is 3.76. The standard InChI is InChI=1S/C20H29N5O3/c1-5-24(6-2)17(26)13-23-8-7-9-25(11-10-23)20(27)16-12-14(3)21-19-18(16)15(4)22-28-19/h12H,5-11,13H2,1-4H3. The molecule has 3 heterocycles. The average Bonchev–Trinajstić information content (AvgIpc) is 2.89. The first-order valence-corrected chi connectivity index (χ1v) is 9.97. The molecule has 2 amide bonds. The van der Waals surface area contributed by atoms with E-state index in [0.717, 1.165) is 31.7 Å². The Morgan fingerprint density at radius 2 is 1.89 bits per heavy atom. The lowest BCUT2D eigenvalue weighted by atomic mass is 10.1. The van der Waals surface area contributed by atoms with E-state index in [4.69, 9.17) is 4.52 Å². The number of amides is 2. The number of aromatic nitrogens is 2. The van der Waals surface area contributed by atoms with Gasteiger partial charge in [-0.15, -0.1) is 0 Å². The molecule has 1 saturated heterocycles. The fraction of sp³-hybridized carbons (Fsp3) is 0.600. The summed E-state index contributed by atoms with van der Waals surface area (Å²) >= 11 is 0. The zero-order chi connectivity index (χ0) is 20.3. The Kier molecular flexibility index (Phi) is 6.28. The monoisotopic (exact) mass is 387 g/mol. The zero-order valence-corrected chi connectivity index (χ0v) is 17.2. The van der Waals surface area contributed by atoms with Crippen LogP contribution in [0.3, 0.4) is 0 Å². The second-order valence-corrected chi connectivity index (χ2v) is 7.25. The van der Waals surface area contributed by atoms with Gasteiger partial charge in [0.25, 0.3) is 11.6 Å². The van der Waals surface area contributed by atoms with Crippen molar-refractivity contribution in [1.82, 2.24) is 24.8 Å². The van der Waals surface area contributed by atoms with Gasteiger partial charge in [-0.3, -0.25) is 14.5 Å². The number of likely N-dealkylation sites (N-methyl/N-ethyl adjacent to an activating group) is 1. The molecular weight excluding hydrogens is 358 g/mol. The van der Waals surface area contributed by atoms with E-state index in [1.54, 1.807) is 6.07 Å². The van der Waals surface area contributed by atoms with Crippen molar-refractivity contribution >= 4 is 22.9 Å². The molecule has 28 heavy (non-hydrogen) atoms. The van der Waals surface area contributed by atoms with Crippen molar-refractivity contribution in [2.45, 2.75) is 34.1 Å². The van der Waals surface area contributed by atoms with Crippen LogP contribution < -0.4 is 0 Å². The molecule has 8 nitrogen and oxygen atoms in total. The normalized spacial score (nSPS) is 15.6. The Labute approximate surface area is 165 Å². The molecule has 0 bridgehead atoms. The highest BCUT2D eigenvalue weighted by Gasteiger charge is 2.25. The van der Waals surface area contributed by atoms with E-state index in [1.807, 2.05) is 37.5 Å². The lowest BCUT2D eigenvalue weighted by molar-refractivity contribution is -0.132. The SMILES string of the molecule is CCN(CC)C(=O)CN1CCCN(C(=O)c2cc(C)nc3onc(C)c23)CC1. The molecule has 0 N–H and O–H groups in total. The van der Waals surface area contributed by atoms with Gasteiger partial charge in [0.1, 0.15) is 0 Å². The number of nitrogens with zero attached hydrogens (tertiary/aromatic N) is 5. The zero-order valence-electron chi connectivity index (χ0n) is 17.2. The Hall–Kier alpha value is -2.48. The number of fused-ring (bicyclic) bond motifs is 1. The number of hydrogen-bond acceptors (Lipinski definition) is 6. The van der Waals surface area contributed by atoms with E-state index >= 15 is 0 Å². The van der Waals surface area contributed by atoms with Gasteiger partial charge in [0.2, 0.25) is 5.91 Å². The van der Waals surface area contributed by atoms with Gasteiger partial charge < -0.3 is 14.3 Å². The predicted molar refractivity (Wildman–Crippen MR) is 106 cm³/mol. The molecular formula is C20H29N5O3. The van der Waals surface area contributed by atoms with Crippen LogP contribution in [0.15, 0.2) is 10.6 Å². The molecule has 0 aromatic carbocycles. The molecule has 0 atom stereocenters. The maximum Gasteiger partial charge on any atom is 0.258 e. The average molecular weight is 387 g/mol. The molecule has 0 unspecified atom stereocenters. The summed E-state index contributed by atoms with van der Waals surface area (Å²) in [6.45, 7) is 12.3. The van der Waals surface area contributed by atoms with Crippen molar-refractivity contribution in [2.24, 2.45) is 0 Å². The lowest BCUT2D eigenvalue weighted by Gasteiger charge is -2.25. The van der Waals surface area contributed by atoms with E-state index in [1.165, 1.54) is 0 Å². The molecule has 1 fully saturated rings. The quantitative estimate of drug-likeness (QED) is 0.779. The van der Waals surface area contributed by atoms with Crippen LogP contribution in [0.4, 0.5) is 0 Å². The van der Waals surface area contributed by atoms with Gasteiger partial charge in [0, 0.05) is 45.0 Å². The van der Waals surface area contributed by atoms with Gasteiger partial charge in [-0.25, -0.2) is 4.98 Å². The number of carbonyl (C=O) groups is 2. The third-order valence-electron chi connectivity index (χ3n) is 5.33. The molecule has 1 aliphatic rings. The lowest BCUT2D eigenvalue weighted by Crippen LogP contribution is -2.42. The second kappa shape index (κ2) is 8.68. The first kappa shape index (κ1) is 20.3. The van der Waals surface area contributed by atoms with E-state index in [-0.39, 0.29) is 11.8 Å². The molecule has 0 aliphatic carbocycles. The van der Waals surface area contributed by atoms with Crippen LogP contribution >= 0.6 is 0 Å². The summed E-state index contributed by atoms with van der Waals surface area (Å²) in [5.41, 5.74) is 2.40.